The molecule has 22 heavy (non-hydrogen) atoms. The SMILES string of the molecule is CC.Cc1nn(PI)cc1-c1ccc2ncc(CO)cc2n1. The van der Waals surface area contributed by atoms with E-state index in [2.05, 4.69) is 37.1 Å². The van der Waals surface area contributed by atoms with Gasteiger partial charge in [-0.1, -0.05) is 13.8 Å². The molecule has 0 fully saturated rings. The number of aromatic nitrogens is 4. The number of nitrogens with zero attached hydrogens (tertiary/aromatic N) is 4. The molecular weight excluding hydrogens is 410 g/mol. The van der Waals surface area contributed by atoms with E-state index in [9.17, 15) is 5.11 Å². The summed E-state index contributed by atoms with van der Waals surface area (Å²) in [5.74, 6) is 0. The summed E-state index contributed by atoms with van der Waals surface area (Å²) in [5, 5.41) is 13.6. The Morgan fingerprint density at radius 3 is 2.68 bits per heavy atom. The second-order valence-corrected chi connectivity index (χ2v) is 6.47. The van der Waals surface area contributed by atoms with Gasteiger partial charge >= 0.3 is 0 Å². The molecule has 1 atom stereocenters. The molecule has 0 saturated carbocycles. The van der Waals surface area contributed by atoms with Crippen molar-refractivity contribution >= 4 is 39.4 Å². The lowest BCUT2D eigenvalue weighted by molar-refractivity contribution is 0.281. The number of aliphatic hydroxyl groups excluding tert-OH is 1. The van der Waals surface area contributed by atoms with Crippen molar-refractivity contribution in [3.8, 4) is 11.3 Å². The fraction of sp³-hybridized carbons (Fsp3) is 0.267. The summed E-state index contributed by atoms with van der Waals surface area (Å²) in [6.07, 6.45) is 4.26. The van der Waals surface area contributed by atoms with Crippen LogP contribution in [0.2, 0.25) is 0 Å². The Balaban J connectivity index is 0.000000847. The lowest BCUT2D eigenvalue weighted by Crippen LogP contribution is -1.91. The maximum atomic E-state index is 9.18. The quantitative estimate of drug-likeness (QED) is 0.504. The number of pyridine rings is 2. The standard InChI is InChI=1S/C13H12IN4OP.C2H6/c1-8-10(6-18(17-8)20-14)11-2-3-12-13(16-11)4-9(7-19)5-15-12;1-2/h2-6,19-20H,7H2,1H3;1-2H3. The van der Waals surface area contributed by atoms with Gasteiger partial charge in [-0.05, 0) is 52.7 Å². The molecule has 3 rings (SSSR count). The predicted octanol–water partition coefficient (Wildman–Crippen LogP) is 4.11. The highest BCUT2D eigenvalue weighted by Crippen LogP contribution is 2.29. The normalized spacial score (nSPS) is 11.0. The van der Waals surface area contributed by atoms with Crippen LogP contribution in [0.4, 0.5) is 0 Å². The van der Waals surface area contributed by atoms with Crippen molar-refractivity contribution in [3.05, 3.63) is 41.9 Å². The molecular formula is C15H18IN4OP. The minimum Gasteiger partial charge on any atom is -0.392 e. The average Bonchev–Trinajstić information content (AvgIpc) is 2.96. The topological polar surface area (TPSA) is 63.8 Å². The number of halogens is 1. The number of hydrogen-bond acceptors (Lipinski definition) is 4. The highest BCUT2D eigenvalue weighted by molar-refractivity contribution is 14.2. The Kier molecular flexibility index (Phi) is 6.23. The van der Waals surface area contributed by atoms with Crippen LogP contribution < -0.4 is 0 Å². The van der Waals surface area contributed by atoms with Gasteiger partial charge in [0.15, 0.2) is 0 Å². The molecule has 3 aromatic heterocycles. The molecule has 1 unspecified atom stereocenters. The summed E-state index contributed by atoms with van der Waals surface area (Å²) in [7, 11) is 0. The molecule has 0 amide bonds. The van der Waals surface area contributed by atoms with Gasteiger partial charge < -0.3 is 5.11 Å². The zero-order chi connectivity index (χ0) is 16.1. The molecule has 0 aliphatic rings. The summed E-state index contributed by atoms with van der Waals surface area (Å²) in [6, 6.07) is 5.77. The molecule has 5 nitrogen and oxygen atoms in total. The summed E-state index contributed by atoms with van der Waals surface area (Å²) < 4.78 is 1.92. The van der Waals surface area contributed by atoms with Crippen molar-refractivity contribution in [2.45, 2.75) is 27.4 Å². The molecule has 0 bridgehead atoms. The summed E-state index contributed by atoms with van der Waals surface area (Å²) in [4.78, 5) is 8.92. The van der Waals surface area contributed by atoms with Gasteiger partial charge in [0.05, 0.1) is 35.4 Å². The Bertz CT molecular complexity index is 775. The van der Waals surface area contributed by atoms with Crippen molar-refractivity contribution < 1.29 is 5.11 Å². The van der Waals surface area contributed by atoms with Crippen LogP contribution in [0.25, 0.3) is 22.3 Å². The lowest BCUT2D eigenvalue weighted by Gasteiger charge is -2.03. The first-order valence-corrected chi connectivity index (χ1v) is 11.1. The maximum absolute atomic E-state index is 9.18. The fourth-order valence-corrected chi connectivity index (χ4v) is 3.15. The first-order valence-electron chi connectivity index (χ1n) is 7.01. The minimum atomic E-state index is -0.0260. The summed E-state index contributed by atoms with van der Waals surface area (Å²) >= 11 is 2.30. The molecule has 0 radical (unpaired) electrons. The molecule has 7 heteroatoms. The molecule has 3 heterocycles. The van der Waals surface area contributed by atoms with E-state index >= 15 is 0 Å². The lowest BCUT2D eigenvalue weighted by atomic mass is 10.1. The maximum Gasteiger partial charge on any atom is 0.0897 e. The smallest absolute Gasteiger partial charge is 0.0897 e. The van der Waals surface area contributed by atoms with Crippen LogP contribution in [0.5, 0.6) is 0 Å². The first kappa shape index (κ1) is 17.2. The molecule has 116 valence electrons. The number of aryl methyl sites for hydroxylation is 1. The van der Waals surface area contributed by atoms with Crippen LogP contribution in [0, 0.1) is 6.92 Å². The van der Waals surface area contributed by atoms with Gasteiger partial charge in [-0.2, -0.15) is 5.10 Å². The third kappa shape index (κ3) is 3.62. The van der Waals surface area contributed by atoms with Gasteiger partial charge in [-0.15, -0.1) is 0 Å². The van der Waals surface area contributed by atoms with E-state index in [1.807, 2.05) is 49.6 Å². The van der Waals surface area contributed by atoms with Crippen LogP contribution >= 0.6 is 28.4 Å². The van der Waals surface area contributed by atoms with E-state index in [1.54, 1.807) is 6.20 Å². The zero-order valence-electron chi connectivity index (χ0n) is 12.7. The summed E-state index contributed by atoms with van der Waals surface area (Å²) in [6.45, 7) is 5.96. The van der Waals surface area contributed by atoms with E-state index < -0.39 is 0 Å². The summed E-state index contributed by atoms with van der Waals surface area (Å²) in [5.41, 5.74) is 5.26. The first-order chi connectivity index (χ1) is 10.7. The van der Waals surface area contributed by atoms with E-state index in [0.717, 1.165) is 33.5 Å². The van der Waals surface area contributed by atoms with E-state index in [4.69, 9.17) is 0 Å². The van der Waals surface area contributed by atoms with Crippen molar-refractivity contribution in [1.29, 1.82) is 0 Å². The van der Waals surface area contributed by atoms with Crippen LogP contribution in [0.3, 0.4) is 0 Å². The number of aliphatic hydroxyl groups is 1. The van der Waals surface area contributed by atoms with Crippen LogP contribution in [-0.2, 0) is 6.61 Å². The van der Waals surface area contributed by atoms with Crippen molar-refractivity contribution in [2.75, 3.05) is 0 Å². The predicted molar refractivity (Wildman–Crippen MR) is 100 cm³/mol. The Morgan fingerprint density at radius 2 is 2.05 bits per heavy atom. The Morgan fingerprint density at radius 1 is 1.27 bits per heavy atom. The number of rotatable bonds is 3. The molecule has 1 N–H and O–H groups in total. The highest BCUT2D eigenvalue weighted by Gasteiger charge is 2.09. The molecule has 0 aliphatic heterocycles. The highest BCUT2D eigenvalue weighted by atomic mass is 127. The largest absolute Gasteiger partial charge is 0.392 e. The minimum absolute atomic E-state index is 0.0260. The Hall–Kier alpha value is -1.11. The molecule has 0 aromatic carbocycles. The molecule has 0 aliphatic carbocycles. The van der Waals surface area contributed by atoms with Crippen LogP contribution in [0.15, 0.2) is 30.6 Å². The number of hydrogen-bond donors (Lipinski definition) is 1. The molecule has 0 spiro atoms. The van der Waals surface area contributed by atoms with Crippen molar-refractivity contribution in [2.24, 2.45) is 0 Å². The number of fused-ring (bicyclic) bond motifs is 1. The zero-order valence-corrected chi connectivity index (χ0v) is 15.9. The third-order valence-electron chi connectivity index (χ3n) is 3.04. The fourth-order valence-electron chi connectivity index (χ4n) is 2.04. The van der Waals surface area contributed by atoms with Crippen molar-refractivity contribution in [1.82, 2.24) is 19.5 Å². The van der Waals surface area contributed by atoms with Crippen molar-refractivity contribution in [3.63, 3.8) is 0 Å². The van der Waals surface area contributed by atoms with Crippen LogP contribution in [0.1, 0.15) is 25.1 Å². The van der Waals surface area contributed by atoms with E-state index in [-0.39, 0.29) is 6.61 Å². The van der Waals surface area contributed by atoms with Gasteiger partial charge in [0.1, 0.15) is 0 Å². The Labute approximate surface area is 144 Å². The van der Waals surface area contributed by atoms with Gasteiger partial charge in [0.25, 0.3) is 0 Å². The van der Waals surface area contributed by atoms with Gasteiger partial charge in [-0.3, -0.25) is 4.98 Å². The van der Waals surface area contributed by atoms with Gasteiger partial charge in [0.2, 0.25) is 0 Å². The average molecular weight is 428 g/mol. The molecule has 3 aromatic rings. The second-order valence-electron chi connectivity index (χ2n) is 4.39. The second kappa shape index (κ2) is 7.94. The van der Waals surface area contributed by atoms with Gasteiger partial charge in [-0.25, -0.2) is 9.44 Å². The van der Waals surface area contributed by atoms with E-state index in [0.29, 0.717) is 6.37 Å². The monoisotopic (exact) mass is 428 g/mol. The van der Waals surface area contributed by atoms with E-state index in [1.165, 1.54) is 0 Å². The molecule has 0 saturated heterocycles. The van der Waals surface area contributed by atoms with Crippen LogP contribution in [-0.4, -0.2) is 24.6 Å². The van der Waals surface area contributed by atoms with Gasteiger partial charge in [0, 0.05) is 18.0 Å². The third-order valence-corrected chi connectivity index (χ3v) is 4.92.